The fourth-order valence-electron chi connectivity index (χ4n) is 12.0. The second-order valence-electron chi connectivity index (χ2n) is 25.7. The van der Waals surface area contributed by atoms with Crippen LogP contribution in [0.2, 0.25) is 0 Å². The number of phenolic OH excluding ortho intramolecular Hbond substituents is 4. The number of carbonyl (C=O) groups excluding carboxylic acids is 4. The molecule has 1 aliphatic rings. The maximum Gasteiger partial charge on any atom is 0.343 e. The van der Waals surface area contributed by atoms with E-state index < -0.39 is 47.5 Å². The van der Waals surface area contributed by atoms with Gasteiger partial charge in [-0.15, -0.1) is 0 Å². The molecule has 0 aliphatic heterocycles. The van der Waals surface area contributed by atoms with Gasteiger partial charge in [0.2, 0.25) is 0 Å². The zero-order chi connectivity index (χ0) is 65.2. The monoisotopic (exact) mass is 1340 g/mol. The van der Waals surface area contributed by atoms with Gasteiger partial charge in [0.15, 0.2) is 0 Å². The number of carbonyl (C=O) groups is 4. The Hall–Kier alpha value is -8.20. The average molecular weight is 1340 g/mol. The topological polar surface area (TPSA) is 186 Å². The Morgan fingerprint density at radius 1 is 0.322 bits per heavy atom. The smallest absolute Gasteiger partial charge is 0.343 e. The highest BCUT2D eigenvalue weighted by molar-refractivity contribution is 9.11. The minimum Gasteiger partial charge on any atom is -0.506 e. The van der Waals surface area contributed by atoms with Crippen LogP contribution in [-0.4, -0.2) is 44.3 Å². The fourth-order valence-corrected chi connectivity index (χ4v) is 12.9. The van der Waals surface area contributed by atoms with E-state index >= 15 is 0 Å². The van der Waals surface area contributed by atoms with Crippen molar-refractivity contribution in [3.05, 3.63) is 231 Å². The number of hydrogen-bond donors (Lipinski definition) is 4. The van der Waals surface area contributed by atoms with Crippen LogP contribution in [0.4, 0.5) is 0 Å². The SMILES string of the molecule is Cc1ccc(C(=O)Oc2cc(OC(=O)c3ccc(C)cc3)c3cc2[C@@H](CC(C)C)c2cc(c(O)c(Br)c2O)[C@@H](CC(C)C)c2cc(c(OC(=O)c4ccc(C)cc4)cc2OC(=O)c2ccc(C)cc2)[C@@H](CC(C)C)c2cc(c(O)c(Br)c2O)[C@H]3CC(C)C)cc1. The maximum absolute atomic E-state index is 14.7. The number of aromatic hydroxyl groups is 4. The van der Waals surface area contributed by atoms with Crippen LogP contribution in [-0.2, 0) is 0 Å². The van der Waals surface area contributed by atoms with E-state index in [1.165, 1.54) is 12.1 Å². The Labute approximate surface area is 544 Å². The van der Waals surface area contributed by atoms with Gasteiger partial charge in [0.1, 0.15) is 54.9 Å². The average Bonchev–Trinajstić information content (AvgIpc) is 0.798. The Kier molecular flexibility index (Phi) is 20.5. The first-order valence-electron chi connectivity index (χ1n) is 30.7. The van der Waals surface area contributed by atoms with E-state index in [1.807, 2.05) is 95.2 Å². The third-order valence-electron chi connectivity index (χ3n) is 16.6. The van der Waals surface area contributed by atoms with E-state index in [4.69, 9.17) is 18.9 Å². The summed E-state index contributed by atoms with van der Waals surface area (Å²) in [5.74, 6) is -7.92. The van der Waals surface area contributed by atoms with E-state index in [0.717, 1.165) is 22.3 Å². The molecule has 4 atom stereocenters. The Bertz CT molecular complexity index is 3490. The lowest BCUT2D eigenvalue weighted by Gasteiger charge is -2.32. The van der Waals surface area contributed by atoms with Crippen molar-refractivity contribution in [1.82, 2.24) is 0 Å². The van der Waals surface area contributed by atoms with E-state index in [2.05, 4.69) is 31.9 Å². The maximum atomic E-state index is 14.7. The number of benzene rings is 8. The molecule has 0 saturated carbocycles. The molecule has 12 nitrogen and oxygen atoms in total. The lowest BCUT2D eigenvalue weighted by molar-refractivity contribution is 0.0710. The van der Waals surface area contributed by atoms with Crippen molar-refractivity contribution < 1.29 is 58.6 Å². The summed E-state index contributed by atoms with van der Waals surface area (Å²) in [7, 11) is 0. The van der Waals surface area contributed by atoms with E-state index in [-0.39, 0.29) is 101 Å². The van der Waals surface area contributed by atoms with Crippen LogP contribution in [0.3, 0.4) is 0 Å². The quantitative estimate of drug-likeness (QED) is 0.0531. The predicted molar refractivity (Wildman–Crippen MR) is 358 cm³/mol. The first kappa shape index (κ1) is 66.2. The predicted octanol–water partition coefficient (Wildman–Crippen LogP) is 19.2. The minimum absolute atomic E-state index is 0.00878. The number of esters is 4. The van der Waals surface area contributed by atoms with Gasteiger partial charge in [-0.3, -0.25) is 0 Å². The van der Waals surface area contributed by atoms with Crippen molar-refractivity contribution in [3.8, 4) is 46.0 Å². The van der Waals surface area contributed by atoms with Crippen LogP contribution in [0.25, 0.3) is 0 Å². The van der Waals surface area contributed by atoms with Crippen molar-refractivity contribution in [1.29, 1.82) is 0 Å². The fraction of sp³-hybridized carbons (Fsp3) is 0.316. The molecule has 0 saturated heterocycles. The van der Waals surface area contributed by atoms with Gasteiger partial charge in [-0.25, -0.2) is 19.2 Å². The van der Waals surface area contributed by atoms with Crippen molar-refractivity contribution in [3.63, 3.8) is 0 Å². The molecule has 468 valence electrons. The van der Waals surface area contributed by atoms with Gasteiger partial charge in [-0.05, 0) is 182 Å². The van der Waals surface area contributed by atoms with E-state index in [0.29, 0.717) is 70.2 Å². The van der Waals surface area contributed by atoms with Gasteiger partial charge in [-0.1, -0.05) is 126 Å². The summed E-state index contributed by atoms with van der Waals surface area (Å²) < 4.78 is 26.2. The Morgan fingerprint density at radius 2 is 0.500 bits per heavy atom. The second-order valence-corrected chi connectivity index (χ2v) is 27.3. The molecule has 4 N–H and O–H groups in total. The number of phenols is 4. The molecule has 0 spiro atoms. The first-order chi connectivity index (χ1) is 42.7. The lowest BCUT2D eigenvalue weighted by Crippen LogP contribution is -2.19. The van der Waals surface area contributed by atoms with Crippen molar-refractivity contribution in [2.24, 2.45) is 23.7 Å². The molecule has 1 aliphatic carbocycles. The summed E-state index contributed by atoms with van der Waals surface area (Å²) in [6, 6.07) is 37.9. The molecule has 0 unspecified atom stereocenters. The van der Waals surface area contributed by atoms with Crippen LogP contribution in [0, 0.1) is 51.4 Å². The van der Waals surface area contributed by atoms with Crippen molar-refractivity contribution in [2.45, 2.75) is 132 Å². The third-order valence-corrected chi connectivity index (χ3v) is 18.1. The molecule has 0 heterocycles. The number of ether oxygens (including phenoxy) is 4. The number of rotatable bonds is 16. The summed E-state index contributed by atoms with van der Waals surface area (Å²) >= 11 is 7.31. The molecule has 90 heavy (non-hydrogen) atoms. The van der Waals surface area contributed by atoms with Gasteiger partial charge < -0.3 is 39.4 Å². The molecule has 0 fully saturated rings. The molecule has 14 heteroatoms. The highest BCUT2D eigenvalue weighted by Gasteiger charge is 2.38. The van der Waals surface area contributed by atoms with Gasteiger partial charge in [0.25, 0.3) is 0 Å². The van der Waals surface area contributed by atoms with E-state index in [1.54, 1.807) is 109 Å². The molecule has 8 aromatic carbocycles. The molecule has 0 radical (unpaired) electrons. The zero-order valence-corrected chi connectivity index (χ0v) is 56.1. The van der Waals surface area contributed by atoms with Crippen LogP contribution < -0.4 is 18.9 Å². The molecule has 8 aromatic rings. The lowest BCUT2D eigenvalue weighted by atomic mass is 9.75. The standard InChI is InChI=1S/C76H78Br2O12/c1-39(2)29-51-55-33-56(64(88-74(84)48-23-15-44(10)16-24-48)37-63(55)87-73(83)47-21-13-43(9)14-22-47)52(30-40(3)4)61-36-62(72(82)68(78)71(61)81)54(32-42(7)8)58-34-57(53(31-41(5)6)60-35-59(51)69(79)67(77)70(60)80)65(89-75(85)49-25-17-45(11)18-26-49)38-66(58)90-76(86)50-27-19-46(12)20-28-50/h13-28,33-42,51-54,79-82H,29-32H2,1-12H3/t51-,52+,53+,54-. The van der Waals surface area contributed by atoms with Gasteiger partial charge in [0, 0.05) is 80.3 Å². The Morgan fingerprint density at radius 3 is 0.678 bits per heavy atom. The zero-order valence-electron chi connectivity index (χ0n) is 53.0. The van der Waals surface area contributed by atoms with Crippen LogP contribution in [0.5, 0.6) is 46.0 Å². The van der Waals surface area contributed by atoms with Crippen molar-refractivity contribution >= 4 is 55.7 Å². The number of fused-ring (bicyclic) bond motifs is 8. The molecule has 0 amide bonds. The van der Waals surface area contributed by atoms with Gasteiger partial charge in [0.05, 0.1) is 22.3 Å². The highest BCUT2D eigenvalue weighted by atomic mass is 79.9. The molecular formula is C76H78Br2O12. The normalized spacial score (nSPS) is 15.5. The first-order valence-corrected chi connectivity index (χ1v) is 32.3. The van der Waals surface area contributed by atoms with E-state index in [9.17, 15) is 39.6 Å². The molecule has 8 bridgehead atoms. The van der Waals surface area contributed by atoms with Crippen LogP contribution in [0.1, 0.15) is 213 Å². The van der Waals surface area contributed by atoms with Gasteiger partial charge >= 0.3 is 23.9 Å². The molecule has 9 rings (SSSR count). The molecule has 0 aromatic heterocycles. The summed E-state index contributed by atoms with van der Waals surface area (Å²) in [6.45, 7) is 23.8. The Balaban J connectivity index is 1.47. The summed E-state index contributed by atoms with van der Waals surface area (Å²) in [5, 5.41) is 51.2. The minimum atomic E-state index is -0.863. The van der Waals surface area contributed by atoms with Gasteiger partial charge in [-0.2, -0.15) is 0 Å². The number of hydrogen-bond acceptors (Lipinski definition) is 12. The summed E-state index contributed by atoms with van der Waals surface area (Å²) in [4.78, 5) is 58.8. The summed E-state index contributed by atoms with van der Waals surface area (Å²) in [6.07, 6.45) is 1.25. The second kappa shape index (κ2) is 27.9. The van der Waals surface area contributed by atoms with Crippen molar-refractivity contribution in [2.75, 3.05) is 0 Å². The van der Waals surface area contributed by atoms with Crippen LogP contribution >= 0.6 is 31.9 Å². The number of aryl methyl sites for hydroxylation is 4. The molecular weight excluding hydrogens is 1260 g/mol. The largest absolute Gasteiger partial charge is 0.506 e. The highest BCUT2D eigenvalue weighted by Crippen LogP contribution is 2.57. The third kappa shape index (κ3) is 14.7. The number of halogens is 2. The van der Waals surface area contributed by atoms with Crippen LogP contribution in [0.15, 0.2) is 142 Å². The summed E-state index contributed by atoms with van der Waals surface area (Å²) in [5.41, 5.74) is 7.55.